The van der Waals surface area contributed by atoms with Gasteiger partial charge in [0.2, 0.25) is 0 Å². The van der Waals surface area contributed by atoms with Crippen LogP contribution in [0.25, 0.3) is 5.69 Å². The summed E-state index contributed by atoms with van der Waals surface area (Å²) in [5.41, 5.74) is 4.64. The first-order valence-electron chi connectivity index (χ1n) is 10.6. The van der Waals surface area contributed by atoms with Gasteiger partial charge in [-0.2, -0.15) is 0 Å². The molecule has 1 aromatic heterocycles. The molecule has 0 unspecified atom stereocenters. The molecule has 8 heteroatoms. The molecule has 4 aromatic rings. The number of aliphatic hydroxyl groups excluding tert-OH is 1. The predicted octanol–water partition coefficient (Wildman–Crippen LogP) is 4.20. The number of methoxy groups -OCH3 is 1. The van der Waals surface area contributed by atoms with Crippen molar-refractivity contribution in [2.24, 2.45) is 0 Å². The third-order valence-corrected chi connectivity index (χ3v) is 5.00. The minimum absolute atomic E-state index is 0.131. The van der Waals surface area contributed by atoms with Crippen molar-refractivity contribution in [2.75, 3.05) is 24.4 Å². The van der Waals surface area contributed by atoms with E-state index < -0.39 is 0 Å². The monoisotopic (exact) mass is 443 g/mol. The summed E-state index contributed by atoms with van der Waals surface area (Å²) in [6, 6.07) is 22.3. The fraction of sp³-hybridized carbons (Fsp3) is 0.160. The van der Waals surface area contributed by atoms with E-state index in [4.69, 9.17) is 9.84 Å². The molecule has 0 fully saturated rings. The minimum atomic E-state index is -0.194. The lowest BCUT2D eigenvalue weighted by molar-refractivity contribution is 0.102. The molecular weight excluding hydrogens is 418 g/mol. The molecule has 0 aliphatic heterocycles. The Morgan fingerprint density at radius 3 is 2.48 bits per heavy atom. The van der Waals surface area contributed by atoms with Crippen LogP contribution in [0.5, 0.6) is 5.75 Å². The maximum absolute atomic E-state index is 12.6. The number of carbonyl (C=O) groups excluding carboxylic acids is 1. The Balaban J connectivity index is 1.44. The van der Waals surface area contributed by atoms with Crippen molar-refractivity contribution >= 4 is 23.0 Å². The van der Waals surface area contributed by atoms with E-state index in [9.17, 15) is 4.79 Å². The molecule has 3 N–H and O–H groups in total. The van der Waals surface area contributed by atoms with Crippen molar-refractivity contribution in [3.05, 3.63) is 90.3 Å². The van der Waals surface area contributed by atoms with Gasteiger partial charge in [0, 0.05) is 29.2 Å². The summed E-state index contributed by atoms with van der Waals surface area (Å²) in [5.74, 6) is 0.507. The maximum Gasteiger partial charge on any atom is 0.255 e. The smallest absolute Gasteiger partial charge is 0.255 e. The van der Waals surface area contributed by atoms with E-state index in [2.05, 4.69) is 20.9 Å². The third kappa shape index (κ3) is 5.75. The van der Waals surface area contributed by atoms with Gasteiger partial charge in [-0.05, 0) is 73.5 Å². The molecule has 0 saturated heterocycles. The summed E-state index contributed by atoms with van der Waals surface area (Å²) >= 11 is 0. The molecule has 4 rings (SSSR count). The maximum atomic E-state index is 12.6. The average molecular weight is 444 g/mol. The van der Waals surface area contributed by atoms with Crippen molar-refractivity contribution < 1.29 is 14.6 Å². The van der Waals surface area contributed by atoms with Crippen LogP contribution in [0.3, 0.4) is 0 Å². The zero-order chi connectivity index (χ0) is 23.0. The lowest BCUT2D eigenvalue weighted by Crippen LogP contribution is -2.11. The number of nitrogens with one attached hydrogen (secondary N) is 2. The van der Waals surface area contributed by atoms with E-state index in [1.165, 1.54) is 0 Å². The Kier molecular flexibility index (Phi) is 6.96. The summed E-state index contributed by atoms with van der Waals surface area (Å²) in [7, 11) is 1.59. The molecule has 0 aliphatic rings. The van der Waals surface area contributed by atoms with Gasteiger partial charge in [-0.15, -0.1) is 5.10 Å². The number of hydrogen-bond acceptors (Lipinski definition) is 6. The van der Waals surface area contributed by atoms with E-state index in [0.717, 1.165) is 22.8 Å². The third-order valence-electron chi connectivity index (χ3n) is 5.00. The number of rotatable bonds is 9. The van der Waals surface area contributed by atoms with E-state index in [0.29, 0.717) is 29.8 Å². The van der Waals surface area contributed by atoms with Crippen LogP contribution in [-0.2, 0) is 6.42 Å². The van der Waals surface area contributed by atoms with Crippen LogP contribution in [0.15, 0.2) is 79.0 Å². The Morgan fingerprint density at radius 2 is 1.73 bits per heavy atom. The predicted molar refractivity (Wildman–Crippen MR) is 127 cm³/mol. The van der Waals surface area contributed by atoms with Crippen LogP contribution < -0.4 is 15.4 Å². The molecule has 0 radical (unpaired) electrons. The highest BCUT2D eigenvalue weighted by atomic mass is 16.5. The van der Waals surface area contributed by atoms with Crippen molar-refractivity contribution in [1.29, 1.82) is 0 Å². The molecule has 0 spiro atoms. The van der Waals surface area contributed by atoms with Crippen LogP contribution in [0, 0.1) is 0 Å². The van der Waals surface area contributed by atoms with Crippen molar-refractivity contribution in [2.45, 2.75) is 12.8 Å². The number of hydrogen-bond donors (Lipinski definition) is 3. The Labute approximate surface area is 191 Å². The van der Waals surface area contributed by atoms with Gasteiger partial charge < -0.3 is 20.5 Å². The van der Waals surface area contributed by atoms with Crippen LogP contribution in [0.2, 0.25) is 0 Å². The standard InChI is InChI=1S/C25H25N5O3/c1-33-24-12-10-18(11-13-24)25(32)27-20-6-2-5-19(15-20)26-21-7-3-9-23(16-21)30-17-22(28-29-30)8-4-14-31/h2-3,5-7,9-13,15-17,26,31H,4,8,14H2,1H3,(H,27,32). The molecular formula is C25H25N5O3. The quantitative estimate of drug-likeness (QED) is 0.358. The van der Waals surface area contributed by atoms with Gasteiger partial charge in [-0.25, -0.2) is 4.68 Å². The molecule has 0 bridgehead atoms. The fourth-order valence-corrected chi connectivity index (χ4v) is 3.31. The van der Waals surface area contributed by atoms with Gasteiger partial charge in [0.25, 0.3) is 5.91 Å². The van der Waals surface area contributed by atoms with Gasteiger partial charge in [0.05, 0.1) is 24.7 Å². The lowest BCUT2D eigenvalue weighted by Gasteiger charge is -2.11. The van der Waals surface area contributed by atoms with Crippen molar-refractivity contribution in [1.82, 2.24) is 15.0 Å². The second-order valence-electron chi connectivity index (χ2n) is 7.42. The van der Waals surface area contributed by atoms with Crippen LogP contribution in [-0.4, -0.2) is 39.7 Å². The minimum Gasteiger partial charge on any atom is -0.497 e. The topological polar surface area (TPSA) is 101 Å². The highest BCUT2D eigenvalue weighted by molar-refractivity contribution is 6.04. The molecule has 168 valence electrons. The second-order valence-corrected chi connectivity index (χ2v) is 7.42. The first kappa shape index (κ1) is 22.0. The second kappa shape index (κ2) is 10.4. The van der Waals surface area contributed by atoms with Gasteiger partial charge in [0.1, 0.15) is 5.75 Å². The summed E-state index contributed by atoms with van der Waals surface area (Å²) in [4.78, 5) is 12.6. The zero-order valence-corrected chi connectivity index (χ0v) is 18.2. The molecule has 33 heavy (non-hydrogen) atoms. The number of aryl methyl sites for hydroxylation is 1. The normalized spacial score (nSPS) is 10.6. The number of amides is 1. The number of aromatic nitrogens is 3. The largest absolute Gasteiger partial charge is 0.497 e. The summed E-state index contributed by atoms with van der Waals surface area (Å²) in [6.45, 7) is 0.131. The summed E-state index contributed by atoms with van der Waals surface area (Å²) in [5, 5.41) is 23.6. The first-order chi connectivity index (χ1) is 16.1. The van der Waals surface area contributed by atoms with Crippen molar-refractivity contribution in [3.63, 3.8) is 0 Å². The van der Waals surface area contributed by atoms with Crippen molar-refractivity contribution in [3.8, 4) is 11.4 Å². The molecule has 1 heterocycles. The van der Waals surface area contributed by atoms with Gasteiger partial charge in [-0.3, -0.25) is 4.79 Å². The van der Waals surface area contributed by atoms with E-state index in [-0.39, 0.29) is 12.5 Å². The van der Waals surface area contributed by atoms with Crippen LogP contribution in [0.1, 0.15) is 22.5 Å². The molecule has 3 aromatic carbocycles. The summed E-state index contributed by atoms with van der Waals surface area (Å²) in [6.07, 6.45) is 3.21. The number of ether oxygens (including phenoxy) is 1. The number of anilines is 3. The number of nitrogens with zero attached hydrogens (tertiary/aromatic N) is 3. The Hall–Kier alpha value is -4.17. The molecule has 0 atom stereocenters. The number of aliphatic hydroxyl groups is 1. The van der Waals surface area contributed by atoms with Crippen LogP contribution >= 0.6 is 0 Å². The zero-order valence-electron chi connectivity index (χ0n) is 18.2. The van der Waals surface area contributed by atoms with Crippen LogP contribution in [0.4, 0.5) is 17.1 Å². The Morgan fingerprint density at radius 1 is 1.00 bits per heavy atom. The van der Waals surface area contributed by atoms with E-state index >= 15 is 0 Å². The highest BCUT2D eigenvalue weighted by Crippen LogP contribution is 2.23. The lowest BCUT2D eigenvalue weighted by atomic mass is 10.2. The molecule has 0 aliphatic carbocycles. The highest BCUT2D eigenvalue weighted by Gasteiger charge is 2.08. The first-order valence-corrected chi connectivity index (χ1v) is 10.6. The fourth-order valence-electron chi connectivity index (χ4n) is 3.31. The molecule has 1 amide bonds. The van der Waals surface area contributed by atoms with Gasteiger partial charge in [-0.1, -0.05) is 17.3 Å². The molecule has 8 nitrogen and oxygen atoms in total. The summed E-state index contributed by atoms with van der Waals surface area (Å²) < 4.78 is 6.85. The van der Waals surface area contributed by atoms with E-state index in [1.807, 2.05) is 54.7 Å². The average Bonchev–Trinajstić information content (AvgIpc) is 3.32. The number of carbonyl (C=O) groups is 1. The molecule has 0 saturated carbocycles. The number of benzene rings is 3. The Bertz CT molecular complexity index is 1220. The van der Waals surface area contributed by atoms with Gasteiger partial charge in [0.15, 0.2) is 0 Å². The SMILES string of the molecule is COc1ccc(C(=O)Nc2cccc(Nc3cccc(-n4cc(CCCO)nn4)c3)c2)cc1. The van der Waals surface area contributed by atoms with E-state index in [1.54, 1.807) is 36.1 Å². The van der Waals surface area contributed by atoms with Gasteiger partial charge >= 0.3 is 0 Å².